The van der Waals surface area contributed by atoms with Crippen LogP contribution in [0.5, 0.6) is 0 Å². The van der Waals surface area contributed by atoms with Crippen LogP contribution in [-0.4, -0.2) is 18.3 Å². The molecule has 0 N–H and O–H groups in total. The molecule has 1 heterocycles. The van der Waals surface area contributed by atoms with Crippen molar-refractivity contribution in [2.75, 3.05) is 0 Å². The molecule has 0 fully saturated rings. The molecule has 0 aliphatic heterocycles. The molecule has 0 unspecified atom stereocenters. The molecule has 6 nitrogen and oxygen atoms in total. The van der Waals surface area contributed by atoms with Crippen molar-refractivity contribution in [2.45, 2.75) is 18.2 Å². The highest BCUT2D eigenvalue weighted by atomic mass is 35.7. The van der Waals surface area contributed by atoms with Crippen LogP contribution in [-0.2, 0) is 9.05 Å². The fourth-order valence-electron chi connectivity index (χ4n) is 1.27. The van der Waals surface area contributed by atoms with Gasteiger partial charge in [-0.2, -0.15) is 0 Å². The minimum atomic E-state index is -4.52. The van der Waals surface area contributed by atoms with Gasteiger partial charge in [-0.15, -0.1) is 0 Å². The van der Waals surface area contributed by atoms with Crippen LogP contribution in [0.2, 0.25) is 0 Å². The minimum absolute atomic E-state index is 0.436. The number of pyridine rings is 1. The average molecular weight is 287 g/mol. The molecule has 0 aliphatic carbocycles. The summed E-state index contributed by atoms with van der Waals surface area (Å²) >= 11 is 0. The van der Waals surface area contributed by atoms with Crippen LogP contribution in [0.15, 0.2) is 11.1 Å². The summed E-state index contributed by atoms with van der Waals surface area (Å²) in [6, 6.07) is 0. The van der Waals surface area contributed by atoms with E-state index in [9.17, 15) is 27.3 Å². The number of aromatic nitrogens is 1. The Labute approximate surface area is 98.8 Å². The van der Waals surface area contributed by atoms with Crippen molar-refractivity contribution in [3.63, 3.8) is 0 Å². The third-order valence-electron chi connectivity index (χ3n) is 1.92. The van der Waals surface area contributed by atoms with Gasteiger partial charge in [-0.1, -0.05) is 0 Å². The van der Waals surface area contributed by atoms with Crippen LogP contribution < -0.4 is 0 Å². The predicted molar refractivity (Wildman–Crippen MR) is 53.6 cm³/mol. The van der Waals surface area contributed by atoms with Crippen LogP contribution in [0.1, 0.15) is 17.6 Å². The summed E-state index contributed by atoms with van der Waals surface area (Å²) in [4.78, 5) is 11.7. The number of nitrogens with zero attached hydrogens (tertiary/aromatic N) is 2. The van der Waals surface area contributed by atoms with E-state index >= 15 is 0 Å². The van der Waals surface area contributed by atoms with E-state index in [1.807, 2.05) is 0 Å². The first-order chi connectivity index (χ1) is 7.66. The lowest BCUT2D eigenvalue weighted by Crippen LogP contribution is -2.06. The smallest absolute Gasteiger partial charge is 0.358 e. The number of halogens is 3. The third-order valence-corrected chi connectivity index (χ3v) is 3.41. The van der Waals surface area contributed by atoms with Gasteiger partial charge in [-0.05, 0) is 16.8 Å². The highest BCUT2D eigenvalue weighted by molar-refractivity contribution is 8.13. The lowest BCUT2D eigenvalue weighted by atomic mass is 10.2. The lowest BCUT2D eigenvalue weighted by molar-refractivity contribution is -0.390. The molecular weight excluding hydrogens is 282 g/mol. The number of alkyl halides is 2. The summed E-state index contributed by atoms with van der Waals surface area (Å²) in [5.41, 5.74) is -1.47. The zero-order valence-electron chi connectivity index (χ0n) is 8.22. The van der Waals surface area contributed by atoms with E-state index in [1.165, 1.54) is 0 Å². The number of rotatable bonds is 3. The Morgan fingerprint density at radius 2 is 2.06 bits per heavy atom. The molecule has 94 valence electrons. The molecule has 0 saturated heterocycles. The van der Waals surface area contributed by atoms with Crippen molar-refractivity contribution in [3.8, 4) is 0 Å². The first-order valence-electron chi connectivity index (χ1n) is 4.03. The predicted octanol–water partition coefficient (Wildman–Crippen LogP) is 2.16. The molecule has 1 aromatic heterocycles. The number of nitro groups is 1. The van der Waals surface area contributed by atoms with Crippen molar-refractivity contribution in [2.24, 2.45) is 0 Å². The topological polar surface area (TPSA) is 90.2 Å². The van der Waals surface area contributed by atoms with E-state index in [1.54, 1.807) is 0 Å². The van der Waals surface area contributed by atoms with Crippen molar-refractivity contribution in [1.82, 2.24) is 4.98 Å². The second-order valence-electron chi connectivity index (χ2n) is 2.99. The van der Waals surface area contributed by atoms with Crippen LogP contribution >= 0.6 is 10.7 Å². The molecular formula is C7H5ClF2N2O4S. The Hall–Kier alpha value is -1.35. The Kier molecular flexibility index (Phi) is 3.62. The number of hydrogen-bond donors (Lipinski definition) is 0. The van der Waals surface area contributed by atoms with E-state index in [-0.39, 0.29) is 0 Å². The first kappa shape index (κ1) is 13.7. The van der Waals surface area contributed by atoms with E-state index in [0.29, 0.717) is 6.20 Å². The minimum Gasteiger partial charge on any atom is -0.358 e. The summed E-state index contributed by atoms with van der Waals surface area (Å²) in [6.45, 7) is 0.992. The maximum Gasteiger partial charge on any atom is 0.367 e. The summed E-state index contributed by atoms with van der Waals surface area (Å²) in [6.07, 6.45) is -2.71. The molecule has 0 spiro atoms. The Morgan fingerprint density at radius 1 is 1.53 bits per heavy atom. The van der Waals surface area contributed by atoms with Gasteiger partial charge in [0.25, 0.3) is 15.5 Å². The van der Waals surface area contributed by atoms with Gasteiger partial charge in [0.1, 0.15) is 4.90 Å². The third kappa shape index (κ3) is 2.67. The van der Waals surface area contributed by atoms with Crippen LogP contribution in [0, 0.1) is 17.0 Å². The highest BCUT2D eigenvalue weighted by Crippen LogP contribution is 2.34. The lowest BCUT2D eigenvalue weighted by Gasteiger charge is -2.07. The molecule has 0 saturated carbocycles. The molecule has 1 aromatic rings. The van der Waals surface area contributed by atoms with E-state index in [0.717, 1.165) is 6.92 Å². The van der Waals surface area contributed by atoms with Crippen LogP contribution in [0.25, 0.3) is 0 Å². The maximum atomic E-state index is 12.5. The van der Waals surface area contributed by atoms with Crippen LogP contribution in [0.3, 0.4) is 0 Å². The van der Waals surface area contributed by atoms with E-state index in [4.69, 9.17) is 10.7 Å². The van der Waals surface area contributed by atoms with Gasteiger partial charge in [0.05, 0.1) is 11.1 Å². The van der Waals surface area contributed by atoms with E-state index in [2.05, 4.69) is 4.98 Å². The summed E-state index contributed by atoms with van der Waals surface area (Å²) in [5.74, 6) is -0.825. The zero-order valence-corrected chi connectivity index (χ0v) is 9.80. The van der Waals surface area contributed by atoms with Crippen LogP contribution in [0.4, 0.5) is 14.6 Å². The van der Waals surface area contributed by atoms with Gasteiger partial charge < -0.3 is 10.1 Å². The van der Waals surface area contributed by atoms with Gasteiger partial charge in [0.2, 0.25) is 0 Å². The zero-order chi connectivity index (χ0) is 13.4. The average Bonchev–Trinajstić information content (AvgIpc) is 2.14. The quantitative estimate of drug-likeness (QED) is 0.482. The molecule has 0 radical (unpaired) electrons. The molecule has 17 heavy (non-hydrogen) atoms. The standard InChI is InChI=1S/C7H5ClF2N2O4S/c1-3-5(17(8,15)16)4(6(9)10)2-11-7(3)12(13)14/h2,6H,1H3. The SMILES string of the molecule is Cc1c([N+](=O)[O-])ncc(C(F)F)c1S(=O)(=O)Cl. The summed E-state index contributed by atoms with van der Waals surface area (Å²) in [7, 11) is 0.461. The molecule has 10 heteroatoms. The first-order valence-corrected chi connectivity index (χ1v) is 6.34. The van der Waals surface area contributed by atoms with Gasteiger partial charge in [-0.3, -0.25) is 0 Å². The van der Waals surface area contributed by atoms with Crippen molar-refractivity contribution in [3.05, 3.63) is 27.4 Å². The fourth-order valence-corrected chi connectivity index (χ4v) is 2.76. The van der Waals surface area contributed by atoms with Crippen molar-refractivity contribution < 1.29 is 22.1 Å². The van der Waals surface area contributed by atoms with Gasteiger partial charge in [0, 0.05) is 10.7 Å². The normalized spacial score (nSPS) is 11.8. The van der Waals surface area contributed by atoms with Gasteiger partial charge >= 0.3 is 5.82 Å². The monoisotopic (exact) mass is 286 g/mol. The summed E-state index contributed by atoms with van der Waals surface area (Å²) in [5, 5.41) is 10.5. The molecule has 1 rings (SSSR count). The Morgan fingerprint density at radius 3 is 2.41 bits per heavy atom. The Balaban J connectivity index is 3.72. The van der Waals surface area contributed by atoms with Gasteiger partial charge in [-0.25, -0.2) is 17.2 Å². The largest absolute Gasteiger partial charge is 0.367 e. The van der Waals surface area contributed by atoms with Gasteiger partial charge in [0.15, 0.2) is 6.20 Å². The highest BCUT2D eigenvalue weighted by Gasteiger charge is 2.31. The van der Waals surface area contributed by atoms with E-state index < -0.39 is 42.2 Å². The molecule has 0 atom stereocenters. The fraction of sp³-hybridized carbons (Fsp3) is 0.286. The molecule has 0 aromatic carbocycles. The molecule has 0 bridgehead atoms. The maximum absolute atomic E-state index is 12.5. The molecule has 0 amide bonds. The molecule has 0 aliphatic rings. The van der Waals surface area contributed by atoms with Crippen molar-refractivity contribution in [1.29, 1.82) is 0 Å². The second kappa shape index (κ2) is 4.49. The summed E-state index contributed by atoms with van der Waals surface area (Å²) < 4.78 is 47.3. The second-order valence-corrected chi connectivity index (χ2v) is 5.49. The van der Waals surface area contributed by atoms with Crippen molar-refractivity contribution >= 4 is 25.6 Å². The number of hydrogen-bond acceptors (Lipinski definition) is 5. The Bertz CT molecular complexity index is 575.